The zero-order chi connectivity index (χ0) is 15.9. The van der Waals surface area contributed by atoms with E-state index in [0.717, 1.165) is 12.1 Å². The van der Waals surface area contributed by atoms with Crippen LogP contribution < -0.4 is 5.56 Å². The van der Waals surface area contributed by atoms with E-state index in [0.29, 0.717) is 0 Å². The molecule has 2 aromatic carbocycles. The lowest BCUT2D eigenvalue weighted by atomic mass is 10.1. The van der Waals surface area contributed by atoms with Crippen molar-refractivity contribution in [3.8, 4) is 11.4 Å². The van der Waals surface area contributed by atoms with Crippen LogP contribution in [0.1, 0.15) is 0 Å². The molecule has 0 saturated heterocycles. The van der Waals surface area contributed by atoms with Gasteiger partial charge in [-0.3, -0.25) is 14.9 Å². The molecule has 3 rings (SSSR count). The smallest absolute Gasteiger partial charge is 0.280 e. The van der Waals surface area contributed by atoms with Gasteiger partial charge in [-0.15, -0.1) is 0 Å². The minimum atomic E-state index is -1.17. The van der Waals surface area contributed by atoms with Crippen LogP contribution in [-0.4, -0.2) is 14.9 Å². The first-order valence-corrected chi connectivity index (χ1v) is 6.10. The molecule has 1 N–H and O–H groups in total. The number of nitrogens with one attached hydrogen (secondary N) is 1. The van der Waals surface area contributed by atoms with Crippen molar-refractivity contribution < 1.29 is 13.7 Å². The summed E-state index contributed by atoms with van der Waals surface area (Å²) in [6.45, 7) is 0. The molecule has 0 saturated carbocycles. The molecule has 0 aliphatic carbocycles. The molecule has 1 heterocycles. The Morgan fingerprint density at radius 1 is 1.14 bits per heavy atom. The highest BCUT2D eigenvalue weighted by Gasteiger charge is 2.18. The first kappa shape index (κ1) is 13.8. The van der Waals surface area contributed by atoms with Crippen LogP contribution in [0.3, 0.4) is 0 Å². The van der Waals surface area contributed by atoms with Crippen LogP contribution in [0.2, 0.25) is 0 Å². The van der Waals surface area contributed by atoms with Crippen molar-refractivity contribution in [3.63, 3.8) is 0 Å². The van der Waals surface area contributed by atoms with Gasteiger partial charge in [0.05, 0.1) is 21.4 Å². The zero-order valence-corrected chi connectivity index (χ0v) is 10.8. The normalized spacial score (nSPS) is 10.8. The van der Waals surface area contributed by atoms with Crippen molar-refractivity contribution in [2.24, 2.45) is 0 Å². The third-order valence-corrected chi connectivity index (χ3v) is 3.10. The fraction of sp³-hybridized carbons (Fsp3) is 0. The summed E-state index contributed by atoms with van der Waals surface area (Å²) < 4.78 is 26.5. The van der Waals surface area contributed by atoms with Gasteiger partial charge in [-0.2, -0.15) is 0 Å². The fourth-order valence-corrected chi connectivity index (χ4v) is 2.09. The van der Waals surface area contributed by atoms with Gasteiger partial charge in [0.2, 0.25) is 0 Å². The molecule has 0 radical (unpaired) electrons. The van der Waals surface area contributed by atoms with Gasteiger partial charge in [0.1, 0.15) is 5.82 Å². The predicted octanol–water partition coefficient (Wildman–Crippen LogP) is 2.78. The van der Waals surface area contributed by atoms with Crippen LogP contribution >= 0.6 is 0 Å². The van der Waals surface area contributed by atoms with E-state index in [2.05, 4.69) is 9.97 Å². The Morgan fingerprint density at radius 2 is 1.82 bits per heavy atom. The number of halogens is 2. The van der Waals surface area contributed by atoms with Crippen LogP contribution in [0.25, 0.3) is 22.3 Å². The number of para-hydroxylation sites is 1. The molecule has 110 valence electrons. The summed E-state index contributed by atoms with van der Waals surface area (Å²) in [4.78, 5) is 28.7. The average molecular weight is 303 g/mol. The second-order valence-electron chi connectivity index (χ2n) is 4.47. The van der Waals surface area contributed by atoms with Gasteiger partial charge >= 0.3 is 0 Å². The zero-order valence-electron chi connectivity index (χ0n) is 10.8. The molecule has 0 fully saturated rings. The summed E-state index contributed by atoms with van der Waals surface area (Å²) >= 11 is 0. The number of hydrogen-bond donors (Lipinski definition) is 1. The number of H-pyrrole nitrogens is 1. The molecule has 0 bridgehead atoms. The Labute approximate surface area is 121 Å². The Morgan fingerprint density at radius 3 is 2.55 bits per heavy atom. The Hall–Kier alpha value is -3.16. The maximum atomic E-state index is 13.3. The van der Waals surface area contributed by atoms with E-state index < -0.39 is 22.1 Å². The third kappa shape index (κ3) is 2.20. The van der Waals surface area contributed by atoms with Crippen LogP contribution in [-0.2, 0) is 0 Å². The van der Waals surface area contributed by atoms with Gasteiger partial charge < -0.3 is 4.98 Å². The summed E-state index contributed by atoms with van der Waals surface area (Å²) in [7, 11) is 0. The SMILES string of the molecule is O=c1[nH]c(-c2ccccc2[N+](=O)[O-])nc2cc(F)c(F)cc12. The van der Waals surface area contributed by atoms with E-state index >= 15 is 0 Å². The van der Waals surface area contributed by atoms with E-state index in [1.807, 2.05) is 0 Å². The lowest BCUT2D eigenvalue weighted by Gasteiger charge is -2.04. The molecule has 0 aliphatic heterocycles. The number of nitro groups is 1. The topological polar surface area (TPSA) is 88.9 Å². The van der Waals surface area contributed by atoms with E-state index in [-0.39, 0.29) is 28.0 Å². The van der Waals surface area contributed by atoms with Gasteiger partial charge in [-0.05, 0) is 12.1 Å². The molecule has 0 spiro atoms. The van der Waals surface area contributed by atoms with E-state index in [4.69, 9.17) is 0 Å². The monoisotopic (exact) mass is 303 g/mol. The van der Waals surface area contributed by atoms with Gasteiger partial charge in [0.25, 0.3) is 11.2 Å². The Bertz CT molecular complexity index is 969. The predicted molar refractivity (Wildman–Crippen MR) is 74.4 cm³/mol. The minimum Gasteiger partial charge on any atom is -0.306 e. The van der Waals surface area contributed by atoms with Crippen LogP contribution in [0, 0.1) is 21.7 Å². The molecule has 22 heavy (non-hydrogen) atoms. The molecule has 0 amide bonds. The van der Waals surface area contributed by atoms with Crippen LogP contribution in [0.4, 0.5) is 14.5 Å². The van der Waals surface area contributed by atoms with Crippen LogP contribution in [0.15, 0.2) is 41.2 Å². The molecule has 6 nitrogen and oxygen atoms in total. The number of nitrogens with zero attached hydrogens (tertiary/aromatic N) is 2. The first-order valence-electron chi connectivity index (χ1n) is 6.10. The van der Waals surface area contributed by atoms with Gasteiger partial charge in [-0.1, -0.05) is 12.1 Å². The van der Waals surface area contributed by atoms with Gasteiger partial charge in [0, 0.05) is 12.1 Å². The van der Waals surface area contributed by atoms with Crippen molar-refractivity contribution in [2.75, 3.05) is 0 Å². The number of nitro benzene ring substituents is 1. The molecule has 0 aliphatic rings. The number of rotatable bonds is 2. The van der Waals surface area contributed by atoms with E-state index in [9.17, 15) is 23.7 Å². The van der Waals surface area contributed by atoms with Crippen molar-refractivity contribution in [2.45, 2.75) is 0 Å². The maximum absolute atomic E-state index is 13.3. The van der Waals surface area contributed by atoms with Crippen molar-refractivity contribution in [1.29, 1.82) is 0 Å². The highest BCUT2D eigenvalue weighted by Crippen LogP contribution is 2.27. The highest BCUT2D eigenvalue weighted by atomic mass is 19.2. The van der Waals surface area contributed by atoms with Crippen molar-refractivity contribution >= 4 is 16.6 Å². The average Bonchev–Trinajstić information content (AvgIpc) is 2.49. The molecule has 1 aromatic heterocycles. The first-order chi connectivity index (χ1) is 10.5. The highest BCUT2D eigenvalue weighted by molar-refractivity contribution is 5.80. The number of aromatic amines is 1. The maximum Gasteiger partial charge on any atom is 0.280 e. The number of benzene rings is 2. The van der Waals surface area contributed by atoms with Gasteiger partial charge in [0.15, 0.2) is 11.6 Å². The van der Waals surface area contributed by atoms with Crippen molar-refractivity contribution in [3.05, 3.63) is 68.5 Å². The summed E-state index contributed by atoms with van der Waals surface area (Å²) in [6, 6.07) is 7.18. The number of hydrogen-bond acceptors (Lipinski definition) is 4. The number of aromatic nitrogens is 2. The molecular weight excluding hydrogens is 296 g/mol. The number of fused-ring (bicyclic) bond motifs is 1. The van der Waals surface area contributed by atoms with E-state index in [1.165, 1.54) is 24.3 Å². The summed E-state index contributed by atoms with van der Waals surface area (Å²) in [5.41, 5.74) is -0.975. The summed E-state index contributed by atoms with van der Waals surface area (Å²) in [6.07, 6.45) is 0. The lowest BCUT2D eigenvalue weighted by Crippen LogP contribution is -2.11. The third-order valence-electron chi connectivity index (χ3n) is 3.10. The van der Waals surface area contributed by atoms with Crippen LogP contribution in [0.5, 0.6) is 0 Å². The standard InChI is InChI=1S/C14H7F2N3O3/c15-9-5-8-11(6-10(9)16)17-13(18-14(8)20)7-3-1-2-4-12(7)19(21)22/h1-6H,(H,17,18,20). The molecule has 3 aromatic rings. The lowest BCUT2D eigenvalue weighted by molar-refractivity contribution is -0.384. The van der Waals surface area contributed by atoms with Gasteiger partial charge in [-0.25, -0.2) is 13.8 Å². The second kappa shape index (κ2) is 4.99. The quantitative estimate of drug-likeness (QED) is 0.582. The second-order valence-corrected chi connectivity index (χ2v) is 4.47. The fourth-order valence-electron chi connectivity index (χ4n) is 2.09. The molecule has 0 unspecified atom stereocenters. The Kier molecular flexibility index (Phi) is 3.13. The van der Waals surface area contributed by atoms with E-state index in [1.54, 1.807) is 0 Å². The summed E-state index contributed by atoms with van der Waals surface area (Å²) in [5.74, 6) is -2.41. The van der Waals surface area contributed by atoms with Crippen molar-refractivity contribution in [1.82, 2.24) is 9.97 Å². The Balaban J connectivity index is 2.32. The minimum absolute atomic E-state index is 0.0798. The molecule has 8 heteroatoms. The molecule has 0 atom stereocenters. The molecular formula is C14H7F2N3O3. The summed E-state index contributed by atoms with van der Waals surface area (Å²) in [5, 5.41) is 10.9. The largest absolute Gasteiger partial charge is 0.306 e.